The highest BCUT2D eigenvalue weighted by Gasteiger charge is 2.03. The Morgan fingerprint density at radius 2 is 2.00 bits per heavy atom. The first-order chi connectivity index (χ1) is 9.60. The van der Waals surface area contributed by atoms with Gasteiger partial charge < -0.3 is 10.4 Å². The van der Waals surface area contributed by atoms with Crippen molar-refractivity contribution in [3.05, 3.63) is 59.7 Å². The van der Waals surface area contributed by atoms with Gasteiger partial charge in [0.2, 0.25) is 0 Å². The van der Waals surface area contributed by atoms with Crippen molar-refractivity contribution in [1.29, 1.82) is 0 Å². The van der Waals surface area contributed by atoms with Crippen LogP contribution >= 0.6 is 0 Å². The second kappa shape index (κ2) is 6.06. The zero-order valence-electron chi connectivity index (χ0n) is 11.6. The van der Waals surface area contributed by atoms with E-state index in [2.05, 4.69) is 17.4 Å². The lowest BCUT2D eigenvalue weighted by molar-refractivity contribution is -0.131. The summed E-state index contributed by atoms with van der Waals surface area (Å²) in [6, 6.07) is 14.1. The van der Waals surface area contributed by atoms with E-state index in [9.17, 15) is 4.79 Å². The molecule has 0 heterocycles. The molecule has 2 aromatic carbocycles. The average molecular weight is 267 g/mol. The molecule has 102 valence electrons. The Morgan fingerprint density at radius 1 is 1.20 bits per heavy atom. The van der Waals surface area contributed by atoms with Gasteiger partial charge in [0.25, 0.3) is 0 Å². The maximum atomic E-state index is 10.5. The first-order valence-electron chi connectivity index (χ1n) is 6.40. The smallest absolute Gasteiger partial charge is 0.328 e. The van der Waals surface area contributed by atoms with Crippen LogP contribution in [0.2, 0.25) is 0 Å². The van der Waals surface area contributed by atoms with Crippen LogP contribution in [0.3, 0.4) is 0 Å². The third kappa shape index (κ3) is 3.26. The molecule has 0 aliphatic carbocycles. The molecule has 0 radical (unpaired) electrons. The number of rotatable bonds is 4. The minimum absolute atomic E-state index is 0.887. The lowest BCUT2D eigenvalue weighted by atomic mass is 9.98. The van der Waals surface area contributed by atoms with Gasteiger partial charge in [-0.3, -0.25) is 0 Å². The Kier molecular flexibility index (Phi) is 4.20. The molecule has 20 heavy (non-hydrogen) atoms. The summed E-state index contributed by atoms with van der Waals surface area (Å²) in [4.78, 5) is 10.5. The summed E-state index contributed by atoms with van der Waals surface area (Å²) in [7, 11) is 1.89. The highest BCUT2D eigenvalue weighted by molar-refractivity contribution is 5.85. The Bertz CT molecular complexity index is 660. The van der Waals surface area contributed by atoms with E-state index < -0.39 is 5.97 Å². The molecule has 0 aromatic heterocycles. The molecule has 2 aromatic rings. The fourth-order valence-electron chi connectivity index (χ4n) is 2.12. The third-order valence-corrected chi connectivity index (χ3v) is 3.13. The van der Waals surface area contributed by atoms with E-state index >= 15 is 0 Å². The van der Waals surface area contributed by atoms with Crippen molar-refractivity contribution in [2.45, 2.75) is 6.92 Å². The summed E-state index contributed by atoms with van der Waals surface area (Å²) in [5.41, 5.74) is 5.36. The molecule has 0 atom stereocenters. The summed E-state index contributed by atoms with van der Waals surface area (Å²) >= 11 is 0. The third-order valence-electron chi connectivity index (χ3n) is 3.13. The number of hydrogen-bond acceptors (Lipinski definition) is 2. The molecular formula is C17H17NO2. The van der Waals surface area contributed by atoms with Crippen molar-refractivity contribution < 1.29 is 9.90 Å². The van der Waals surface area contributed by atoms with E-state index in [0.29, 0.717) is 0 Å². The second-order valence-electron chi connectivity index (χ2n) is 4.58. The SMILES string of the molecule is CNc1cccc(-c2ccc(C=CC(=O)O)cc2C)c1. The highest BCUT2D eigenvalue weighted by atomic mass is 16.4. The van der Waals surface area contributed by atoms with Crippen molar-refractivity contribution in [2.75, 3.05) is 12.4 Å². The Hall–Kier alpha value is -2.55. The van der Waals surface area contributed by atoms with Crippen LogP contribution < -0.4 is 5.32 Å². The number of aryl methyl sites for hydroxylation is 1. The van der Waals surface area contributed by atoms with Crippen LogP contribution in [0, 0.1) is 6.92 Å². The van der Waals surface area contributed by atoms with E-state index in [0.717, 1.165) is 34.0 Å². The van der Waals surface area contributed by atoms with Crippen molar-refractivity contribution in [1.82, 2.24) is 0 Å². The van der Waals surface area contributed by atoms with E-state index in [1.54, 1.807) is 6.08 Å². The minimum Gasteiger partial charge on any atom is -0.478 e. The zero-order chi connectivity index (χ0) is 14.5. The monoisotopic (exact) mass is 267 g/mol. The quantitative estimate of drug-likeness (QED) is 0.828. The van der Waals surface area contributed by atoms with Crippen LogP contribution in [0.1, 0.15) is 11.1 Å². The molecule has 0 saturated heterocycles. The number of carboxylic acids is 1. The predicted molar refractivity (Wildman–Crippen MR) is 82.8 cm³/mol. The standard InChI is InChI=1S/C17H17NO2/c1-12-10-13(7-9-17(19)20)6-8-16(12)14-4-3-5-15(11-14)18-2/h3-11,18H,1-2H3,(H,19,20). The first kappa shape index (κ1) is 13.9. The Balaban J connectivity index is 2.36. The normalized spacial score (nSPS) is 10.7. The first-order valence-corrected chi connectivity index (χ1v) is 6.40. The number of benzene rings is 2. The Morgan fingerprint density at radius 3 is 2.65 bits per heavy atom. The van der Waals surface area contributed by atoms with Gasteiger partial charge in [0, 0.05) is 18.8 Å². The molecular weight excluding hydrogens is 250 g/mol. The molecule has 0 saturated carbocycles. The molecule has 0 fully saturated rings. The zero-order valence-corrected chi connectivity index (χ0v) is 11.6. The largest absolute Gasteiger partial charge is 0.478 e. The number of carbonyl (C=O) groups is 1. The minimum atomic E-state index is -0.937. The maximum absolute atomic E-state index is 10.5. The van der Waals surface area contributed by atoms with Crippen molar-refractivity contribution in [2.24, 2.45) is 0 Å². The van der Waals surface area contributed by atoms with E-state index in [1.807, 2.05) is 44.3 Å². The predicted octanol–water partition coefficient (Wildman–Crippen LogP) is 3.80. The number of hydrogen-bond donors (Lipinski definition) is 2. The van der Waals surface area contributed by atoms with Crippen LogP contribution in [0.25, 0.3) is 17.2 Å². The Labute approximate surface area is 118 Å². The number of carboxylic acid groups (broad SMARTS) is 1. The molecule has 2 rings (SSSR count). The summed E-state index contributed by atoms with van der Waals surface area (Å²) in [6.45, 7) is 2.03. The van der Waals surface area contributed by atoms with Crippen LogP contribution in [0.4, 0.5) is 5.69 Å². The van der Waals surface area contributed by atoms with Crippen molar-refractivity contribution >= 4 is 17.7 Å². The summed E-state index contributed by atoms with van der Waals surface area (Å²) in [5.74, 6) is -0.937. The summed E-state index contributed by atoms with van der Waals surface area (Å²) < 4.78 is 0. The molecule has 0 spiro atoms. The van der Waals surface area contributed by atoms with Gasteiger partial charge in [0.15, 0.2) is 0 Å². The average Bonchev–Trinajstić information content (AvgIpc) is 2.45. The molecule has 0 aliphatic rings. The van der Waals surface area contributed by atoms with Gasteiger partial charge in [-0.2, -0.15) is 0 Å². The molecule has 0 aliphatic heterocycles. The lowest BCUT2D eigenvalue weighted by Gasteiger charge is -2.09. The van der Waals surface area contributed by atoms with E-state index in [1.165, 1.54) is 0 Å². The fraction of sp³-hybridized carbons (Fsp3) is 0.118. The van der Waals surface area contributed by atoms with Gasteiger partial charge in [-0.1, -0.05) is 30.3 Å². The topological polar surface area (TPSA) is 49.3 Å². The van der Waals surface area contributed by atoms with Crippen LogP contribution in [0.15, 0.2) is 48.5 Å². The number of aliphatic carboxylic acids is 1. The maximum Gasteiger partial charge on any atom is 0.328 e. The molecule has 3 heteroatoms. The number of anilines is 1. The van der Waals surface area contributed by atoms with Crippen LogP contribution in [-0.2, 0) is 4.79 Å². The van der Waals surface area contributed by atoms with Crippen LogP contribution in [0.5, 0.6) is 0 Å². The lowest BCUT2D eigenvalue weighted by Crippen LogP contribution is -1.90. The molecule has 2 N–H and O–H groups in total. The molecule has 0 unspecified atom stereocenters. The van der Waals surface area contributed by atoms with Gasteiger partial charge in [0.05, 0.1) is 0 Å². The van der Waals surface area contributed by atoms with Gasteiger partial charge >= 0.3 is 5.97 Å². The highest BCUT2D eigenvalue weighted by Crippen LogP contribution is 2.26. The van der Waals surface area contributed by atoms with E-state index in [-0.39, 0.29) is 0 Å². The molecule has 0 amide bonds. The van der Waals surface area contributed by atoms with Crippen molar-refractivity contribution in [3.8, 4) is 11.1 Å². The van der Waals surface area contributed by atoms with Gasteiger partial charge in [-0.15, -0.1) is 0 Å². The van der Waals surface area contributed by atoms with Crippen LogP contribution in [-0.4, -0.2) is 18.1 Å². The van der Waals surface area contributed by atoms with Crippen molar-refractivity contribution in [3.63, 3.8) is 0 Å². The summed E-state index contributed by atoms with van der Waals surface area (Å²) in [6.07, 6.45) is 2.75. The van der Waals surface area contributed by atoms with Gasteiger partial charge in [0.1, 0.15) is 0 Å². The van der Waals surface area contributed by atoms with Gasteiger partial charge in [-0.25, -0.2) is 4.79 Å². The van der Waals surface area contributed by atoms with E-state index in [4.69, 9.17) is 5.11 Å². The summed E-state index contributed by atoms with van der Waals surface area (Å²) in [5, 5.41) is 11.8. The number of nitrogens with one attached hydrogen (secondary N) is 1. The second-order valence-corrected chi connectivity index (χ2v) is 4.58. The van der Waals surface area contributed by atoms with Gasteiger partial charge in [-0.05, 0) is 47.4 Å². The fourth-order valence-corrected chi connectivity index (χ4v) is 2.12. The molecule has 3 nitrogen and oxygen atoms in total. The molecule has 0 bridgehead atoms.